The van der Waals surface area contributed by atoms with Crippen molar-refractivity contribution in [3.8, 4) is 0 Å². The summed E-state index contributed by atoms with van der Waals surface area (Å²) in [7, 11) is 0. The van der Waals surface area contributed by atoms with Crippen LogP contribution in [0.4, 0.5) is 5.82 Å². The fourth-order valence-corrected chi connectivity index (χ4v) is 2.31. The van der Waals surface area contributed by atoms with Crippen molar-refractivity contribution in [2.24, 2.45) is 5.73 Å². The van der Waals surface area contributed by atoms with Crippen LogP contribution in [0, 0.1) is 6.92 Å². The van der Waals surface area contributed by atoms with Crippen molar-refractivity contribution in [3.05, 3.63) is 23.4 Å². The second-order valence-corrected chi connectivity index (χ2v) is 4.76. The number of nitrogens with one attached hydrogen (secondary N) is 2. The number of pyridine rings is 1. The maximum Gasteiger partial charge on any atom is 0.252 e. The first-order valence-electron chi connectivity index (χ1n) is 6.41. The summed E-state index contributed by atoms with van der Waals surface area (Å²) in [6.07, 6.45) is 5.17. The van der Waals surface area contributed by atoms with Gasteiger partial charge in [0.2, 0.25) is 0 Å². The summed E-state index contributed by atoms with van der Waals surface area (Å²) in [5.74, 6) is 0.181. The Kier molecular flexibility index (Phi) is 4.15. The second-order valence-electron chi connectivity index (χ2n) is 4.76. The van der Waals surface area contributed by atoms with Crippen molar-refractivity contribution in [1.29, 1.82) is 0 Å². The van der Waals surface area contributed by atoms with Crippen LogP contribution in [0.25, 0.3) is 0 Å². The summed E-state index contributed by atoms with van der Waals surface area (Å²) in [6, 6.07) is 2.11. The SMILES string of the molecule is Cc1ccnc(NC2CCCCNC2)c1C(N)=O. The van der Waals surface area contributed by atoms with E-state index in [4.69, 9.17) is 5.73 Å². The summed E-state index contributed by atoms with van der Waals surface area (Å²) >= 11 is 0. The van der Waals surface area contributed by atoms with E-state index in [2.05, 4.69) is 15.6 Å². The third-order valence-electron chi connectivity index (χ3n) is 3.29. The van der Waals surface area contributed by atoms with Crippen molar-refractivity contribution in [3.63, 3.8) is 0 Å². The molecule has 1 aliphatic heterocycles. The van der Waals surface area contributed by atoms with Gasteiger partial charge >= 0.3 is 0 Å². The van der Waals surface area contributed by atoms with E-state index >= 15 is 0 Å². The van der Waals surface area contributed by atoms with Crippen LogP contribution in [0.15, 0.2) is 12.3 Å². The van der Waals surface area contributed by atoms with Gasteiger partial charge in [-0.25, -0.2) is 4.98 Å². The summed E-state index contributed by atoms with van der Waals surface area (Å²) in [4.78, 5) is 15.7. The molecule has 2 heterocycles. The molecule has 4 N–H and O–H groups in total. The largest absolute Gasteiger partial charge is 0.365 e. The Morgan fingerprint density at radius 3 is 3.17 bits per heavy atom. The maximum atomic E-state index is 11.5. The standard InChI is InChI=1S/C13H20N4O/c1-9-5-7-16-13(11(9)12(14)18)17-10-4-2-3-6-15-8-10/h5,7,10,15H,2-4,6,8H2,1H3,(H2,14,18)(H,16,17). The minimum absolute atomic E-state index is 0.305. The normalized spacial score (nSPS) is 20.2. The summed E-state index contributed by atoms with van der Waals surface area (Å²) in [5, 5.41) is 6.71. The van der Waals surface area contributed by atoms with E-state index in [1.165, 1.54) is 12.8 Å². The van der Waals surface area contributed by atoms with Gasteiger partial charge in [0.15, 0.2) is 0 Å². The number of amides is 1. The van der Waals surface area contributed by atoms with E-state index in [1.807, 2.05) is 6.92 Å². The first kappa shape index (κ1) is 12.8. The molecule has 18 heavy (non-hydrogen) atoms. The molecule has 0 spiro atoms. The van der Waals surface area contributed by atoms with Gasteiger partial charge in [0.05, 0.1) is 5.56 Å². The zero-order chi connectivity index (χ0) is 13.0. The van der Waals surface area contributed by atoms with Crippen LogP contribution in [-0.2, 0) is 0 Å². The molecule has 0 aliphatic carbocycles. The van der Waals surface area contributed by atoms with Crippen LogP contribution >= 0.6 is 0 Å². The van der Waals surface area contributed by atoms with Gasteiger partial charge in [-0.05, 0) is 37.9 Å². The highest BCUT2D eigenvalue weighted by molar-refractivity contribution is 5.99. The van der Waals surface area contributed by atoms with Gasteiger partial charge in [0.25, 0.3) is 5.91 Å². The van der Waals surface area contributed by atoms with Gasteiger partial charge in [0, 0.05) is 18.8 Å². The highest BCUT2D eigenvalue weighted by atomic mass is 16.1. The molecule has 1 aliphatic rings. The molecule has 98 valence electrons. The molecule has 0 bridgehead atoms. The van der Waals surface area contributed by atoms with Crippen LogP contribution in [0.2, 0.25) is 0 Å². The number of nitrogens with zero attached hydrogens (tertiary/aromatic N) is 1. The molecule has 2 rings (SSSR count). The van der Waals surface area contributed by atoms with Crippen molar-refractivity contribution >= 4 is 11.7 Å². The lowest BCUT2D eigenvalue weighted by molar-refractivity contribution is 0.1000. The van der Waals surface area contributed by atoms with Crippen molar-refractivity contribution in [1.82, 2.24) is 10.3 Å². The molecule has 0 aromatic carbocycles. The van der Waals surface area contributed by atoms with E-state index in [9.17, 15) is 4.79 Å². The first-order chi connectivity index (χ1) is 8.68. The maximum absolute atomic E-state index is 11.5. The van der Waals surface area contributed by atoms with Gasteiger partial charge in [-0.2, -0.15) is 0 Å². The van der Waals surface area contributed by atoms with Crippen LogP contribution in [0.1, 0.15) is 35.2 Å². The summed E-state index contributed by atoms with van der Waals surface area (Å²) in [6.45, 7) is 3.83. The van der Waals surface area contributed by atoms with Crippen molar-refractivity contribution < 1.29 is 4.79 Å². The second kappa shape index (κ2) is 5.82. The molecule has 5 heteroatoms. The number of carbonyl (C=O) groups is 1. The van der Waals surface area contributed by atoms with Gasteiger partial charge in [-0.15, -0.1) is 0 Å². The first-order valence-corrected chi connectivity index (χ1v) is 6.41. The molecule has 1 unspecified atom stereocenters. The molecule has 1 atom stereocenters. The van der Waals surface area contributed by atoms with Crippen LogP contribution in [0.5, 0.6) is 0 Å². The zero-order valence-corrected chi connectivity index (χ0v) is 10.7. The molecule has 1 fully saturated rings. The van der Waals surface area contributed by atoms with Crippen LogP contribution in [-0.4, -0.2) is 30.0 Å². The zero-order valence-electron chi connectivity index (χ0n) is 10.7. The molecular weight excluding hydrogens is 228 g/mol. The van der Waals surface area contributed by atoms with E-state index in [0.29, 0.717) is 17.4 Å². The number of anilines is 1. The lowest BCUT2D eigenvalue weighted by Crippen LogP contribution is -2.32. The van der Waals surface area contributed by atoms with E-state index in [0.717, 1.165) is 25.1 Å². The Hall–Kier alpha value is -1.62. The number of carbonyl (C=O) groups excluding carboxylic acids is 1. The lowest BCUT2D eigenvalue weighted by atomic mass is 10.1. The lowest BCUT2D eigenvalue weighted by Gasteiger charge is -2.19. The Balaban J connectivity index is 2.17. The van der Waals surface area contributed by atoms with Crippen molar-refractivity contribution in [2.45, 2.75) is 32.2 Å². The summed E-state index contributed by atoms with van der Waals surface area (Å²) in [5.41, 5.74) is 6.78. The van der Waals surface area contributed by atoms with Gasteiger partial charge in [-0.3, -0.25) is 4.79 Å². The monoisotopic (exact) mass is 248 g/mol. The van der Waals surface area contributed by atoms with Crippen LogP contribution in [0.3, 0.4) is 0 Å². The predicted molar refractivity (Wildman–Crippen MR) is 71.6 cm³/mol. The number of aromatic nitrogens is 1. The van der Waals surface area contributed by atoms with Gasteiger partial charge < -0.3 is 16.4 Å². The fourth-order valence-electron chi connectivity index (χ4n) is 2.31. The minimum Gasteiger partial charge on any atom is -0.365 e. The third-order valence-corrected chi connectivity index (χ3v) is 3.29. The number of hydrogen-bond donors (Lipinski definition) is 3. The predicted octanol–water partition coefficient (Wildman–Crippen LogP) is 1.04. The number of rotatable bonds is 3. The Bertz CT molecular complexity index is 425. The number of primary amides is 1. The van der Waals surface area contributed by atoms with Gasteiger partial charge in [-0.1, -0.05) is 6.42 Å². The average Bonchev–Trinajstić information content (AvgIpc) is 2.57. The Morgan fingerprint density at radius 2 is 2.39 bits per heavy atom. The molecule has 1 amide bonds. The van der Waals surface area contributed by atoms with Gasteiger partial charge in [0.1, 0.15) is 5.82 Å². The number of nitrogens with two attached hydrogens (primary N) is 1. The minimum atomic E-state index is -0.426. The number of hydrogen-bond acceptors (Lipinski definition) is 4. The van der Waals surface area contributed by atoms with Crippen molar-refractivity contribution in [2.75, 3.05) is 18.4 Å². The highest BCUT2D eigenvalue weighted by Crippen LogP contribution is 2.18. The number of aryl methyl sites for hydroxylation is 1. The topological polar surface area (TPSA) is 80.0 Å². The van der Waals surface area contributed by atoms with Crippen LogP contribution < -0.4 is 16.4 Å². The molecule has 1 saturated heterocycles. The summed E-state index contributed by atoms with van der Waals surface area (Å²) < 4.78 is 0. The van der Waals surface area contributed by atoms with E-state index < -0.39 is 5.91 Å². The highest BCUT2D eigenvalue weighted by Gasteiger charge is 2.17. The fraction of sp³-hybridized carbons (Fsp3) is 0.538. The molecule has 0 radical (unpaired) electrons. The smallest absolute Gasteiger partial charge is 0.252 e. The Labute approximate surface area is 107 Å². The molecule has 1 aromatic rings. The molecular formula is C13H20N4O. The van der Waals surface area contributed by atoms with E-state index in [-0.39, 0.29) is 0 Å². The molecule has 1 aromatic heterocycles. The quantitative estimate of drug-likeness (QED) is 0.746. The Morgan fingerprint density at radius 1 is 1.56 bits per heavy atom. The van der Waals surface area contributed by atoms with E-state index in [1.54, 1.807) is 12.3 Å². The average molecular weight is 248 g/mol. The molecule has 5 nitrogen and oxygen atoms in total. The third kappa shape index (κ3) is 2.98. The molecule has 0 saturated carbocycles.